The standard InChI is InChI=1S/C13H16N4O2/c1-9-3-2-4-10(7-9)19-6-5-15-13(18)11-8-16-17-12(11)14/h2-4,7-8H,5-6H2,1H3,(H,15,18)(H3,14,16,17). The van der Waals surface area contributed by atoms with Crippen LogP contribution in [0.2, 0.25) is 0 Å². The molecule has 19 heavy (non-hydrogen) atoms. The third-order valence-corrected chi connectivity index (χ3v) is 2.56. The van der Waals surface area contributed by atoms with Gasteiger partial charge < -0.3 is 15.8 Å². The molecule has 0 aliphatic rings. The molecule has 1 amide bonds. The number of nitrogens with two attached hydrogens (primary N) is 1. The van der Waals surface area contributed by atoms with E-state index in [0.29, 0.717) is 18.7 Å². The predicted molar refractivity (Wildman–Crippen MR) is 72.0 cm³/mol. The number of nitrogen functional groups attached to an aromatic ring is 1. The van der Waals surface area contributed by atoms with Gasteiger partial charge in [-0.15, -0.1) is 0 Å². The number of amides is 1. The lowest BCUT2D eigenvalue weighted by molar-refractivity contribution is 0.0948. The molecule has 1 aromatic carbocycles. The van der Waals surface area contributed by atoms with Crippen molar-refractivity contribution in [2.75, 3.05) is 18.9 Å². The number of H-pyrrole nitrogens is 1. The van der Waals surface area contributed by atoms with E-state index in [1.807, 2.05) is 31.2 Å². The summed E-state index contributed by atoms with van der Waals surface area (Å²) >= 11 is 0. The molecule has 0 atom stereocenters. The van der Waals surface area contributed by atoms with Gasteiger partial charge in [0.05, 0.1) is 12.7 Å². The van der Waals surface area contributed by atoms with Crippen molar-refractivity contribution in [3.8, 4) is 5.75 Å². The van der Waals surface area contributed by atoms with Gasteiger partial charge in [-0.25, -0.2) is 0 Å². The number of hydrogen-bond acceptors (Lipinski definition) is 4. The van der Waals surface area contributed by atoms with Crippen LogP contribution in [0, 0.1) is 6.92 Å². The van der Waals surface area contributed by atoms with Crippen molar-refractivity contribution in [1.82, 2.24) is 15.5 Å². The molecular weight excluding hydrogens is 244 g/mol. The van der Waals surface area contributed by atoms with E-state index < -0.39 is 0 Å². The monoisotopic (exact) mass is 260 g/mol. The van der Waals surface area contributed by atoms with E-state index in [-0.39, 0.29) is 11.7 Å². The van der Waals surface area contributed by atoms with Crippen molar-refractivity contribution < 1.29 is 9.53 Å². The van der Waals surface area contributed by atoms with Crippen molar-refractivity contribution in [1.29, 1.82) is 0 Å². The quantitative estimate of drug-likeness (QED) is 0.702. The first kappa shape index (κ1) is 12.9. The summed E-state index contributed by atoms with van der Waals surface area (Å²) in [6.45, 7) is 2.79. The van der Waals surface area contributed by atoms with Crippen LogP contribution in [0.1, 0.15) is 15.9 Å². The highest BCUT2D eigenvalue weighted by Gasteiger charge is 2.10. The summed E-state index contributed by atoms with van der Waals surface area (Å²) in [5.74, 6) is 0.785. The van der Waals surface area contributed by atoms with Crippen LogP contribution in [0.25, 0.3) is 0 Å². The number of nitrogens with one attached hydrogen (secondary N) is 2. The Balaban J connectivity index is 1.75. The number of hydrogen-bond donors (Lipinski definition) is 3. The van der Waals surface area contributed by atoms with E-state index in [9.17, 15) is 4.79 Å². The molecule has 0 bridgehead atoms. The SMILES string of the molecule is Cc1cccc(OCCNC(=O)c2cn[nH]c2N)c1. The largest absolute Gasteiger partial charge is 0.492 e. The maximum absolute atomic E-state index is 11.7. The molecule has 100 valence electrons. The van der Waals surface area contributed by atoms with Gasteiger partial charge in [0.1, 0.15) is 23.7 Å². The second-order valence-electron chi connectivity index (χ2n) is 4.12. The van der Waals surface area contributed by atoms with Crippen molar-refractivity contribution in [3.05, 3.63) is 41.6 Å². The molecule has 4 N–H and O–H groups in total. The lowest BCUT2D eigenvalue weighted by Gasteiger charge is -2.07. The van der Waals surface area contributed by atoms with Crippen molar-refractivity contribution in [2.24, 2.45) is 0 Å². The minimum absolute atomic E-state index is 0.261. The summed E-state index contributed by atoms with van der Waals surface area (Å²) in [7, 11) is 0. The number of carbonyl (C=O) groups excluding carboxylic acids is 1. The highest BCUT2D eigenvalue weighted by Crippen LogP contribution is 2.11. The molecule has 2 rings (SSSR count). The number of aromatic amines is 1. The number of rotatable bonds is 5. The number of nitrogens with zero attached hydrogens (tertiary/aromatic N) is 1. The molecule has 0 spiro atoms. The summed E-state index contributed by atoms with van der Waals surface area (Å²) in [6.07, 6.45) is 1.39. The number of benzene rings is 1. The topological polar surface area (TPSA) is 93.0 Å². The molecule has 6 nitrogen and oxygen atoms in total. The van der Waals surface area contributed by atoms with Crippen LogP contribution in [0.3, 0.4) is 0 Å². The molecule has 0 radical (unpaired) electrons. The Kier molecular flexibility index (Phi) is 4.02. The Hall–Kier alpha value is -2.50. The summed E-state index contributed by atoms with van der Waals surface area (Å²) in [6, 6.07) is 7.74. The van der Waals surface area contributed by atoms with Gasteiger partial charge in [-0.05, 0) is 24.6 Å². The molecule has 1 aromatic heterocycles. The molecule has 0 saturated heterocycles. The minimum atomic E-state index is -0.265. The van der Waals surface area contributed by atoms with Gasteiger partial charge in [0.2, 0.25) is 0 Å². The van der Waals surface area contributed by atoms with Crippen LogP contribution in [0.15, 0.2) is 30.5 Å². The Morgan fingerprint density at radius 3 is 3.05 bits per heavy atom. The second kappa shape index (κ2) is 5.90. The molecular formula is C13H16N4O2. The number of anilines is 1. The van der Waals surface area contributed by atoms with Gasteiger partial charge in [0.15, 0.2) is 0 Å². The van der Waals surface area contributed by atoms with Crippen LogP contribution in [-0.4, -0.2) is 29.3 Å². The van der Waals surface area contributed by atoms with Gasteiger partial charge in [0, 0.05) is 0 Å². The maximum Gasteiger partial charge on any atom is 0.256 e. The zero-order valence-electron chi connectivity index (χ0n) is 10.6. The Bertz CT molecular complexity index is 565. The molecule has 2 aromatic rings. The number of ether oxygens (including phenoxy) is 1. The molecule has 1 heterocycles. The first-order valence-electron chi connectivity index (χ1n) is 5.93. The van der Waals surface area contributed by atoms with E-state index in [1.54, 1.807) is 0 Å². The van der Waals surface area contributed by atoms with Gasteiger partial charge in [-0.3, -0.25) is 9.89 Å². The van der Waals surface area contributed by atoms with Crippen LogP contribution in [0.5, 0.6) is 5.75 Å². The number of aryl methyl sites for hydroxylation is 1. The Morgan fingerprint density at radius 2 is 2.37 bits per heavy atom. The molecule has 0 aliphatic carbocycles. The van der Waals surface area contributed by atoms with Crippen LogP contribution in [0.4, 0.5) is 5.82 Å². The predicted octanol–water partition coefficient (Wildman–Crippen LogP) is 1.11. The summed E-state index contributed by atoms with van der Waals surface area (Å²) < 4.78 is 5.52. The fourth-order valence-corrected chi connectivity index (χ4v) is 1.61. The number of aromatic nitrogens is 2. The first-order valence-corrected chi connectivity index (χ1v) is 5.93. The molecule has 6 heteroatoms. The zero-order valence-corrected chi connectivity index (χ0v) is 10.6. The summed E-state index contributed by atoms with van der Waals surface area (Å²) in [4.78, 5) is 11.7. The Labute approximate surface area is 111 Å². The molecule has 0 unspecified atom stereocenters. The van der Waals surface area contributed by atoms with Gasteiger partial charge in [-0.1, -0.05) is 12.1 Å². The molecule has 0 aliphatic heterocycles. The van der Waals surface area contributed by atoms with E-state index in [1.165, 1.54) is 6.20 Å². The third-order valence-electron chi connectivity index (χ3n) is 2.56. The fourth-order valence-electron chi connectivity index (χ4n) is 1.61. The highest BCUT2D eigenvalue weighted by atomic mass is 16.5. The Morgan fingerprint density at radius 1 is 1.53 bits per heavy atom. The van der Waals surface area contributed by atoms with E-state index >= 15 is 0 Å². The van der Waals surface area contributed by atoms with E-state index in [0.717, 1.165) is 11.3 Å². The van der Waals surface area contributed by atoms with Crippen molar-refractivity contribution in [3.63, 3.8) is 0 Å². The average molecular weight is 260 g/mol. The van der Waals surface area contributed by atoms with Gasteiger partial charge in [-0.2, -0.15) is 5.10 Å². The molecule has 0 saturated carbocycles. The minimum Gasteiger partial charge on any atom is -0.492 e. The molecule has 0 fully saturated rings. The van der Waals surface area contributed by atoms with E-state index in [2.05, 4.69) is 15.5 Å². The number of carbonyl (C=O) groups is 1. The van der Waals surface area contributed by atoms with Gasteiger partial charge >= 0.3 is 0 Å². The second-order valence-corrected chi connectivity index (χ2v) is 4.12. The maximum atomic E-state index is 11.7. The van der Waals surface area contributed by atoms with Crippen molar-refractivity contribution in [2.45, 2.75) is 6.92 Å². The van der Waals surface area contributed by atoms with Crippen LogP contribution < -0.4 is 15.8 Å². The lowest BCUT2D eigenvalue weighted by atomic mass is 10.2. The third kappa shape index (κ3) is 3.48. The summed E-state index contributed by atoms with van der Waals surface area (Å²) in [5, 5.41) is 8.90. The fraction of sp³-hybridized carbons (Fsp3) is 0.231. The van der Waals surface area contributed by atoms with E-state index in [4.69, 9.17) is 10.5 Å². The zero-order chi connectivity index (χ0) is 13.7. The summed E-state index contributed by atoms with van der Waals surface area (Å²) in [5.41, 5.74) is 7.02. The highest BCUT2D eigenvalue weighted by molar-refractivity contribution is 5.98. The smallest absolute Gasteiger partial charge is 0.256 e. The lowest BCUT2D eigenvalue weighted by Crippen LogP contribution is -2.28. The first-order chi connectivity index (χ1) is 9.16. The van der Waals surface area contributed by atoms with Crippen LogP contribution >= 0.6 is 0 Å². The van der Waals surface area contributed by atoms with Crippen molar-refractivity contribution >= 4 is 11.7 Å². The van der Waals surface area contributed by atoms with Gasteiger partial charge in [0.25, 0.3) is 5.91 Å². The average Bonchev–Trinajstić information content (AvgIpc) is 2.81. The van der Waals surface area contributed by atoms with Crippen LogP contribution in [-0.2, 0) is 0 Å². The normalized spacial score (nSPS) is 10.2.